The van der Waals surface area contributed by atoms with Crippen LogP contribution in [0.5, 0.6) is 0 Å². The molecule has 2 aliphatic rings. The Morgan fingerprint density at radius 3 is 2.42 bits per heavy atom. The predicted molar refractivity (Wildman–Crippen MR) is 47.4 cm³/mol. The highest BCUT2D eigenvalue weighted by Crippen LogP contribution is 2.50. The molecule has 1 unspecified atom stereocenters. The van der Waals surface area contributed by atoms with E-state index in [1.165, 1.54) is 19.3 Å². The van der Waals surface area contributed by atoms with Crippen LogP contribution in [0.3, 0.4) is 0 Å². The average molecular weight is 171 g/mol. The van der Waals surface area contributed by atoms with Gasteiger partial charge >= 0.3 is 0 Å². The van der Waals surface area contributed by atoms with Crippen molar-refractivity contribution in [2.75, 3.05) is 13.1 Å². The Kier molecular flexibility index (Phi) is 2.11. The van der Waals surface area contributed by atoms with Crippen LogP contribution in [0.4, 0.5) is 4.48 Å². The van der Waals surface area contributed by atoms with Crippen LogP contribution in [0.2, 0.25) is 0 Å². The molecule has 2 rings (SSSR count). The van der Waals surface area contributed by atoms with E-state index in [0.717, 1.165) is 23.9 Å². The zero-order valence-electron chi connectivity index (χ0n) is 7.85. The third-order valence-corrected chi connectivity index (χ3v) is 4.06. The molecule has 0 aromatic heterocycles. The van der Waals surface area contributed by atoms with E-state index in [-0.39, 0.29) is 0 Å². The molecule has 0 aromatic rings. The van der Waals surface area contributed by atoms with Gasteiger partial charge in [-0.05, 0) is 30.6 Å². The van der Waals surface area contributed by atoms with Crippen LogP contribution in [0.1, 0.15) is 39.0 Å². The Balaban J connectivity index is 2.02. The minimum Gasteiger partial charge on any atom is -0.146 e. The van der Waals surface area contributed by atoms with Crippen molar-refractivity contribution < 1.29 is 4.48 Å². The van der Waals surface area contributed by atoms with Crippen LogP contribution in [-0.4, -0.2) is 18.2 Å². The topological polar surface area (TPSA) is 3.24 Å². The summed E-state index contributed by atoms with van der Waals surface area (Å²) in [7, 11) is 0. The first-order valence-electron chi connectivity index (χ1n) is 5.14. The van der Waals surface area contributed by atoms with Gasteiger partial charge in [0.05, 0.1) is 0 Å². The largest absolute Gasteiger partial charge is 0.146 e. The van der Waals surface area contributed by atoms with Gasteiger partial charge in [-0.1, -0.05) is 19.8 Å². The lowest BCUT2D eigenvalue weighted by atomic mass is 9.72. The van der Waals surface area contributed by atoms with Gasteiger partial charge in [0.1, 0.15) is 0 Å². The Labute approximate surface area is 73.9 Å². The molecule has 70 valence electrons. The summed E-state index contributed by atoms with van der Waals surface area (Å²) in [6, 6.07) is 0. The molecule has 0 radical (unpaired) electrons. The molecule has 1 atom stereocenters. The molecule has 0 bridgehead atoms. The van der Waals surface area contributed by atoms with Crippen molar-refractivity contribution >= 4 is 0 Å². The van der Waals surface area contributed by atoms with E-state index in [2.05, 4.69) is 6.92 Å². The summed E-state index contributed by atoms with van der Waals surface area (Å²) in [4.78, 5) is 0. The van der Waals surface area contributed by atoms with Gasteiger partial charge in [-0.2, -0.15) is 0 Å². The van der Waals surface area contributed by atoms with Crippen molar-refractivity contribution in [1.82, 2.24) is 5.12 Å². The number of rotatable bonds is 0. The highest BCUT2D eigenvalue weighted by Gasteiger charge is 2.42. The first kappa shape index (κ1) is 8.49. The second-order valence-corrected chi connectivity index (χ2v) is 4.57. The van der Waals surface area contributed by atoms with E-state index in [4.69, 9.17) is 0 Å². The smallest absolute Gasteiger partial charge is 0.0295 e. The normalized spacial score (nSPS) is 36.0. The van der Waals surface area contributed by atoms with Gasteiger partial charge in [-0.3, -0.25) is 0 Å². The summed E-state index contributed by atoms with van der Waals surface area (Å²) in [5.41, 5.74) is 0.530. The molecule has 1 saturated heterocycles. The molecular weight excluding hydrogens is 153 g/mol. The van der Waals surface area contributed by atoms with Crippen molar-refractivity contribution in [3.8, 4) is 0 Å². The van der Waals surface area contributed by atoms with Crippen LogP contribution in [0.25, 0.3) is 0 Å². The molecule has 1 saturated carbocycles. The summed E-state index contributed by atoms with van der Waals surface area (Å²) in [5.74, 6) is 0.839. The second-order valence-electron chi connectivity index (χ2n) is 4.57. The molecule has 1 aliphatic carbocycles. The fourth-order valence-corrected chi connectivity index (χ4v) is 2.98. The first-order chi connectivity index (χ1) is 5.73. The summed E-state index contributed by atoms with van der Waals surface area (Å²) in [5, 5.41) is 0.982. The molecule has 0 amide bonds. The monoisotopic (exact) mass is 171 g/mol. The molecule has 1 nitrogen and oxygen atoms in total. The van der Waals surface area contributed by atoms with Crippen LogP contribution in [-0.2, 0) is 0 Å². The highest BCUT2D eigenvalue weighted by atomic mass is 19.2. The average Bonchev–Trinajstić information content (AvgIpc) is 2.41. The van der Waals surface area contributed by atoms with Crippen LogP contribution < -0.4 is 0 Å². The SMILES string of the molecule is CC1CCCC12CCN(F)CC2. The third-order valence-electron chi connectivity index (χ3n) is 4.06. The van der Waals surface area contributed by atoms with Gasteiger partial charge in [0.25, 0.3) is 0 Å². The van der Waals surface area contributed by atoms with Gasteiger partial charge in [-0.15, -0.1) is 9.60 Å². The van der Waals surface area contributed by atoms with Gasteiger partial charge in [0.15, 0.2) is 0 Å². The van der Waals surface area contributed by atoms with Crippen molar-refractivity contribution in [3.63, 3.8) is 0 Å². The van der Waals surface area contributed by atoms with Crippen LogP contribution in [0.15, 0.2) is 0 Å². The fraction of sp³-hybridized carbons (Fsp3) is 1.00. The maximum atomic E-state index is 12.8. The van der Waals surface area contributed by atoms with Crippen molar-refractivity contribution in [2.45, 2.75) is 39.0 Å². The lowest BCUT2D eigenvalue weighted by molar-refractivity contribution is -0.0448. The highest BCUT2D eigenvalue weighted by molar-refractivity contribution is 4.92. The Morgan fingerprint density at radius 1 is 1.25 bits per heavy atom. The summed E-state index contributed by atoms with van der Waals surface area (Å²) < 4.78 is 12.8. The molecule has 1 heterocycles. The second kappa shape index (κ2) is 2.99. The predicted octanol–water partition coefficient (Wildman–Crippen LogP) is 2.77. The molecule has 0 aromatic carbocycles. The van der Waals surface area contributed by atoms with E-state index >= 15 is 0 Å². The Hall–Kier alpha value is -0.110. The summed E-state index contributed by atoms with van der Waals surface area (Å²) in [6.45, 7) is 3.69. The molecule has 0 N–H and O–H groups in total. The lowest BCUT2D eigenvalue weighted by Crippen LogP contribution is -2.37. The van der Waals surface area contributed by atoms with E-state index < -0.39 is 0 Å². The van der Waals surface area contributed by atoms with E-state index in [0.29, 0.717) is 18.5 Å². The maximum absolute atomic E-state index is 12.8. The van der Waals surface area contributed by atoms with Crippen molar-refractivity contribution in [2.24, 2.45) is 11.3 Å². The number of halogens is 1. The molecule has 1 aliphatic heterocycles. The zero-order valence-corrected chi connectivity index (χ0v) is 7.85. The van der Waals surface area contributed by atoms with Gasteiger partial charge in [0.2, 0.25) is 0 Å². The number of hydrogen-bond acceptors (Lipinski definition) is 1. The number of nitrogens with zero attached hydrogens (tertiary/aromatic N) is 1. The quantitative estimate of drug-likeness (QED) is 0.506. The maximum Gasteiger partial charge on any atom is 0.0295 e. The van der Waals surface area contributed by atoms with Crippen molar-refractivity contribution in [3.05, 3.63) is 0 Å². The Bertz CT molecular complexity index is 161. The fourth-order valence-electron chi connectivity index (χ4n) is 2.98. The van der Waals surface area contributed by atoms with Crippen LogP contribution >= 0.6 is 0 Å². The van der Waals surface area contributed by atoms with E-state index in [1.807, 2.05) is 0 Å². The van der Waals surface area contributed by atoms with E-state index in [9.17, 15) is 4.48 Å². The molecule has 12 heavy (non-hydrogen) atoms. The Morgan fingerprint density at radius 2 is 1.92 bits per heavy atom. The number of piperidine rings is 1. The van der Waals surface area contributed by atoms with Gasteiger partial charge in [-0.25, -0.2) is 0 Å². The minimum atomic E-state index is 0.530. The summed E-state index contributed by atoms with van der Waals surface area (Å²) in [6.07, 6.45) is 6.26. The van der Waals surface area contributed by atoms with Gasteiger partial charge < -0.3 is 0 Å². The molecule has 1 spiro atoms. The van der Waals surface area contributed by atoms with Crippen molar-refractivity contribution in [1.29, 1.82) is 0 Å². The zero-order chi connectivity index (χ0) is 8.60. The third kappa shape index (κ3) is 1.26. The molecular formula is C10H18FN. The lowest BCUT2D eigenvalue weighted by Gasteiger charge is -2.39. The van der Waals surface area contributed by atoms with E-state index in [1.54, 1.807) is 0 Å². The molecule has 2 heteroatoms. The standard InChI is InChI=1S/C10H18FN/c1-9-3-2-4-10(9)5-7-12(11)8-6-10/h9H,2-8H2,1H3. The summed E-state index contributed by atoms with van der Waals surface area (Å²) >= 11 is 0. The first-order valence-corrected chi connectivity index (χ1v) is 5.14. The minimum absolute atomic E-state index is 0.530. The molecule has 2 fully saturated rings. The van der Waals surface area contributed by atoms with Gasteiger partial charge in [0, 0.05) is 13.1 Å². The number of hydrogen-bond donors (Lipinski definition) is 0. The van der Waals surface area contributed by atoms with Crippen LogP contribution in [0, 0.1) is 11.3 Å².